The van der Waals surface area contributed by atoms with Crippen molar-refractivity contribution in [2.45, 2.75) is 38.3 Å². The van der Waals surface area contributed by atoms with Gasteiger partial charge in [-0.3, -0.25) is 0 Å². The third-order valence-corrected chi connectivity index (χ3v) is 3.76. The number of nitrogens with zero attached hydrogens (tertiary/aromatic N) is 1. The van der Waals surface area contributed by atoms with Gasteiger partial charge in [0.15, 0.2) is 0 Å². The highest BCUT2D eigenvalue weighted by molar-refractivity contribution is 6.40. The van der Waals surface area contributed by atoms with E-state index in [9.17, 15) is 0 Å². The first kappa shape index (κ1) is 11.2. The summed E-state index contributed by atoms with van der Waals surface area (Å²) in [5.74, 6) is 0. The minimum absolute atomic E-state index is 0.152. The van der Waals surface area contributed by atoms with Crippen molar-refractivity contribution in [2.24, 2.45) is 5.41 Å². The molecule has 13 heavy (non-hydrogen) atoms. The molecule has 0 aromatic rings. The largest absolute Gasteiger partial charge is 0.306 e. The lowest BCUT2D eigenvalue weighted by Crippen LogP contribution is -2.44. The summed E-state index contributed by atoms with van der Waals surface area (Å²) < 4.78 is 0. The number of hydrogen-bond donors (Lipinski definition) is 0. The molecule has 1 aliphatic rings. The molecule has 1 rings (SSSR count). The van der Waals surface area contributed by atoms with Crippen LogP contribution in [0.4, 0.5) is 0 Å². The molecule has 0 aromatic carbocycles. The van der Waals surface area contributed by atoms with Crippen LogP contribution in [0.2, 0.25) is 5.21 Å². The van der Waals surface area contributed by atoms with Crippen molar-refractivity contribution >= 4 is 15.7 Å². The zero-order valence-corrected chi connectivity index (χ0v) is 9.14. The van der Waals surface area contributed by atoms with Gasteiger partial charge in [0.05, 0.1) is 15.7 Å². The Morgan fingerprint density at radius 3 is 2.08 bits per heavy atom. The highest BCUT2D eigenvalue weighted by Gasteiger charge is 2.40. The van der Waals surface area contributed by atoms with Gasteiger partial charge in [0.25, 0.3) is 0 Å². The molecule has 0 unspecified atom stereocenters. The monoisotopic (exact) mass is 175 g/mol. The lowest BCUT2D eigenvalue weighted by Gasteiger charge is -2.50. The van der Waals surface area contributed by atoms with Crippen molar-refractivity contribution in [1.29, 1.82) is 0 Å². The Kier molecular flexibility index (Phi) is 3.16. The lowest BCUT2D eigenvalue weighted by molar-refractivity contribution is 0.101. The van der Waals surface area contributed by atoms with E-state index in [1.54, 1.807) is 0 Å². The van der Waals surface area contributed by atoms with Crippen LogP contribution in [0.5, 0.6) is 0 Å². The van der Waals surface area contributed by atoms with Crippen molar-refractivity contribution in [3.8, 4) is 0 Å². The van der Waals surface area contributed by atoms with Gasteiger partial charge in [0.2, 0.25) is 0 Å². The Morgan fingerprint density at radius 2 is 1.77 bits per heavy atom. The summed E-state index contributed by atoms with van der Waals surface area (Å²) in [6.45, 7) is 6.40. The minimum atomic E-state index is -0.525. The highest BCUT2D eigenvalue weighted by Crippen LogP contribution is 2.50. The first-order valence-electron chi connectivity index (χ1n) is 5.17. The third kappa shape index (κ3) is 2.12. The van der Waals surface area contributed by atoms with Crippen LogP contribution >= 0.6 is 0 Å². The fourth-order valence-electron chi connectivity index (χ4n) is 2.32. The molecule has 0 aliphatic carbocycles. The van der Waals surface area contributed by atoms with E-state index in [2.05, 4.69) is 18.9 Å². The second-order valence-corrected chi connectivity index (χ2v) is 4.72. The summed E-state index contributed by atoms with van der Waals surface area (Å²) in [5.41, 5.74) is 0.152. The smallest absolute Gasteiger partial charge is 0.0624 e. The molecule has 0 atom stereocenters. The minimum Gasteiger partial charge on any atom is -0.306 e. The standard InChI is InChI=1S/C10H19B2N/c1-4-10(9(2,11)12)5-7-13(3)8-6-10/h4-8H2,1-3H3. The van der Waals surface area contributed by atoms with Gasteiger partial charge in [0.1, 0.15) is 0 Å². The summed E-state index contributed by atoms with van der Waals surface area (Å²) in [7, 11) is 14.3. The van der Waals surface area contributed by atoms with E-state index in [1.165, 1.54) is 0 Å². The maximum Gasteiger partial charge on any atom is 0.0624 e. The second kappa shape index (κ2) is 3.68. The normalized spacial score (nSPS) is 24.5. The van der Waals surface area contributed by atoms with Crippen molar-refractivity contribution < 1.29 is 0 Å². The molecule has 1 aliphatic heterocycles. The Bertz CT molecular complexity index is 166. The number of rotatable bonds is 2. The van der Waals surface area contributed by atoms with Crippen molar-refractivity contribution in [3.05, 3.63) is 0 Å². The van der Waals surface area contributed by atoms with Crippen LogP contribution in [0.15, 0.2) is 0 Å². The Balaban J connectivity index is 2.72. The summed E-state index contributed by atoms with van der Waals surface area (Å²) in [6, 6.07) is 0. The summed E-state index contributed by atoms with van der Waals surface area (Å²) in [5, 5.41) is -0.525. The molecule has 1 fully saturated rings. The SMILES string of the molecule is [B]C([B])(C)C1(CC)CCN(C)CC1. The molecular formula is C10H19B2N. The summed E-state index contributed by atoms with van der Waals surface area (Å²) in [6.07, 6.45) is 3.34. The van der Waals surface area contributed by atoms with E-state index in [-0.39, 0.29) is 5.41 Å². The molecule has 0 aromatic heterocycles. The highest BCUT2D eigenvalue weighted by atomic mass is 15.1. The van der Waals surface area contributed by atoms with Crippen LogP contribution in [0, 0.1) is 5.41 Å². The molecule has 0 amide bonds. The Labute approximate surface area is 85.1 Å². The third-order valence-electron chi connectivity index (χ3n) is 3.76. The van der Waals surface area contributed by atoms with Gasteiger partial charge in [-0.05, 0) is 38.4 Å². The molecule has 0 bridgehead atoms. The molecule has 70 valence electrons. The Morgan fingerprint density at radius 1 is 1.31 bits per heavy atom. The lowest BCUT2D eigenvalue weighted by atomic mass is 9.40. The zero-order valence-electron chi connectivity index (χ0n) is 9.14. The van der Waals surface area contributed by atoms with Crippen LogP contribution in [-0.2, 0) is 0 Å². The van der Waals surface area contributed by atoms with Crippen molar-refractivity contribution in [1.82, 2.24) is 4.90 Å². The van der Waals surface area contributed by atoms with Gasteiger partial charge in [-0.15, -0.1) is 0 Å². The van der Waals surface area contributed by atoms with Crippen LogP contribution < -0.4 is 0 Å². The molecular weight excluding hydrogens is 156 g/mol. The summed E-state index contributed by atoms with van der Waals surface area (Å²) >= 11 is 0. The average Bonchev–Trinajstić information content (AvgIpc) is 2.04. The van der Waals surface area contributed by atoms with E-state index < -0.39 is 5.21 Å². The van der Waals surface area contributed by atoms with Gasteiger partial charge in [-0.25, -0.2) is 0 Å². The zero-order chi connectivity index (χ0) is 10.1. The molecule has 0 N–H and O–H groups in total. The molecule has 4 radical (unpaired) electrons. The van der Waals surface area contributed by atoms with Gasteiger partial charge >= 0.3 is 0 Å². The molecule has 0 saturated carbocycles. The first-order chi connectivity index (χ1) is 5.91. The topological polar surface area (TPSA) is 3.24 Å². The maximum absolute atomic E-state index is 6.06. The van der Waals surface area contributed by atoms with Crippen LogP contribution in [0.25, 0.3) is 0 Å². The van der Waals surface area contributed by atoms with Crippen LogP contribution in [0.1, 0.15) is 33.1 Å². The molecule has 1 nitrogen and oxygen atoms in total. The molecule has 1 heterocycles. The van der Waals surface area contributed by atoms with Crippen molar-refractivity contribution in [2.75, 3.05) is 20.1 Å². The van der Waals surface area contributed by atoms with Gasteiger partial charge in [-0.2, -0.15) is 0 Å². The Hall–Kier alpha value is 0.0899. The quantitative estimate of drug-likeness (QED) is 0.575. The van der Waals surface area contributed by atoms with Crippen LogP contribution in [0.3, 0.4) is 0 Å². The predicted octanol–water partition coefficient (Wildman–Crippen LogP) is 1.58. The van der Waals surface area contributed by atoms with E-state index in [0.29, 0.717) is 0 Å². The van der Waals surface area contributed by atoms with E-state index in [0.717, 1.165) is 32.4 Å². The molecule has 1 saturated heterocycles. The first-order valence-corrected chi connectivity index (χ1v) is 5.17. The van der Waals surface area contributed by atoms with Crippen molar-refractivity contribution in [3.63, 3.8) is 0 Å². The van der Waals surface area contributed by atoms with Gasteiger partial charge in [0, 0.05) is 0 Å². The number of piperidine rings is 1. The fraction of sp³-hybridized carbons (Fsp3) is 1.00. The number of hydrogen-bond acceptors (Lipinski definition) is 1. The van der Waals surface area contributed by atoms with Gasteiger partial charge in [-0.1, -0.05) is 25.5 Å². The van der Waals surface area contributed by atoms with Gasteiger partial charge < -0.3 is 4.90 Å². The second-order valence-electron chi connectivity index (χ2n) is 4.72. The maximum atomic E-state index is 6.06. The molecule has 3 heteroatoms. The predicted molar refractivity (Wildman–Crippen MR) is 59.3 cm³/mol. The van der Waals surface area contributed by atoms with E-state index >= 15 is 0 Å². The van der Waals surface area contributed by atoms with Crippen LogP contribution in [-0.4, -0.2) is 40.7 Å². The average molecular weight is 175 g/mol. The van der Waals surface area contributed by atoms with E-state index in [1.807, 2.05) is 6.92 Å². The van der Waals surface area contributed by atoms with E-state index in [4.69, 9.17) is 15.7 Å². The molecule has 0 spiro atoms. The fourth-order valence-corrected chi connectivity index (χ4v) is 2.32. The number of likely N-dealkylation sites (tertiary alicyclic amines) is 1. The summed E-state index contributed by atoms with van der Waals surface area (Å²) in [4.78, 5) is 2.35.